The molecule has 0 aliphatic carbocycles. The van der Waals surface area contributed by atoms with Crippen LogP contribution in [0.25, 0.3) is 0 Å². The molecule has 3 nitrogen and oxygen atoms in total. The minimum absolute atomic E-state index is 0.127. The van der Waals surface area contributed by atoms with Gasteiger partial charge in [0.15, 0.2) is 0 Å². The third-order valence-electron chi connectivity index (χ3n) is 2.69. The van der Waals surface area contributed by atoms with Crippen molar-refractivity contribution in [3.8, 4) is 0 Å². The van der Waals surface area contributed by atoms with Gasteiger partial charge in [-0.2, -0.15) is 0 Å². The summed E-state index contributed by atoms with van der Waals surface area (Å²) >= 11 is 1.69. The number of amides is 1. The highest BCUT2D eigenvalue weighted by molar-refractivity contribution is 7.09. The number of likely N-dealkylation sites (tertiary alicyclic amines) is 1. The molecule has 2 rings (SSSR count). The van der Waals surface area contributed by atoms with E-state index in [1.54, 1.807) is 16.2 Å². The van der Waals surface area contributed by atoms with Gasteiger partial charge in [0, 0.05) is 30.3 Å². The molecule has 1 aliphatic heterocycles. The summed E-state index contributed by atoms with van der Waals surface area (Å²) in [5.74, 6) is -0.549. The summed E-state index contributed by atoms with van der Waals surface area (Å²) in [7, 11) is 0. The molecule has 0 radical (unpaired) electrons. The van der Waals surface area contributed by atoms with Gasteiger partial charge in [0.2, 0.25) is 5.78 Å². The highest BCUT2D eigenvalue weighted by Gasteiger charge is 2.32. The predicted octanol–water partition coefficient (Wildman–Crippen LogP) is 1.48. The molecule has 4 heteroatoms. The molecule has 1 atom stereocenters. The van der Waals surface area contributed by atoms with Crippen LogP contribution in [0.5, 0.6) is 0 Å². The molecule has 80 valence electrons. The van der Waals surface area contributed by atoms with E-state index in [4.69, 9.17) is 0 Å². The van der Waals surface area contributed by atoms with Gasteiger partial charge < -0.3 is 4.90 Å². The van der Waals surface area contributed by atoms with Crippen LogP contribution in [0.4, 0.5) is 0 Å². The van der Waals surface area contributed by atoms with Gasteiger partial charge in [-0.25, -0.2) is 0 Å². The third-order valence-corrected chi connectivity index (χ3v) is 3.59. The lowest BCUT2D eigenvalue weighted by atomic mass is 10.2. The minimum atomic E-state index is -0.306. The molecular formula is C11H13NO2S. The quantitative estimate of drug-likeness (QED) is 0.728. The van der Waals surface area contributed by atoms with Crippen molar-refractivity contribution in [2.24, 2.45) is 0 Å². The molecule has 1 aliphatic rings. The minimum Gasteiger partial charge on any atom is -0.333 e. The molecule has 0 saturated carbocycles. The molecule has 1 aromatic rings. The molecular weight excluding hydrogens is 210 g/mol. The number of hydrogen-bond donors (Lipinski definition) is 0. The first-order chi connectivity index (χ1) is 7.18. The largest absolute Gasteiger partial charge is 0.333 e. The fourth-order valence-corrected chi connectivity index (χ4v) is 2.67. The monoisotopic (exact) mass is 223 g/mol. The number of rotatable bonds is 3. The van der Waals surface area contributed by atoms with Crippen molar-refractivity contribution in [1.82, 2.24) is 4.90 Å². The second-order valence-corrected chi connectivity index (χ2v) is 4.84. The number of ketones is 1. The first-order valence-corrected chi connectivity index (χ1v) is 5.92. The van der Waals surface area contributed by atoms with Crippen molar-refractivity contribution in [1.29, 1.82) is 0 Å². The average Bonchev–Trinajstić information content (AvgIpc) is 2.79. The molecule has 15 heavy (non-hydrogen) atoms. The smallest absolute Gasteiger partial charge is 0.290 e. The Balaban J connectivity index is 2.00. The molecule has 1 aromatic heterocycles. The molecule has 1 saturated heterocycles. The van der Waals surface area contributed by atoms with E-state index >= 15 is 0 Å². The molecule has 0 spiro atoms. The summed E-state index contributed by atoms with van der Waals surface area (Å²) in [6.45, 7) is 2.58. The molecule has 0 N–H and O–H groups in total. The Labute approximate surface area is 92.7 Å². The van der Waals surface area contributed by atoms with Crippen LogP contribution in [0.3, 0.4) is 0 Å². The SMILES string of the molecule is CC(Cc1cccs1)N1CCC(=O)C1=O. The fraction of sp³-hybridized carbons (Fsp3) is 0.455. The Bertz CT molecular complexity index is 372. The zero-order chi connectivity index (χ0) is 10.8. The normalized spacial score (nSPS) is 18.6. The topological polar surface area (TPSA) is 37.4 Å². The summed E-state index contributed by atoms with van der Waals surface area (Å²) in [6.07, 6.45) is 1.23. The van der Waals surface area contributed by atoms with Crippen LogP contribution in [-0.2, 0) is 16.0 Å². The Kier molecular flexibility index (Phi) is 2.86. The van der Waals surface area contributed by atoms with Crippen LogP contribution in [0.15, 0.2) is 17.5 Å². The number of nitrogens with zero attached hydrogens (tertiary/aromatic N) is 1. The molecule has 1 unspecified atom stereocenters. The number of Topliss-reactive ketones (excluding diaryl/α,β-unsaturated/α-hetero) is 1. The van der Waals surface area contributed by atoms with Crippen molar-refractivity contribution >= 4 is 23.0 Å². The maximum atomic E-state index is 11.5. The van der Waals surface area contributed by atoms with E-state index in [1.165, 1.54) is 4.88 Å². The van der Waals surface area contributed by atoms with E-state index in [1.807, 2.05) is 18.4 Å². The maximum Gasteiger partial charge on any atom is 0.290 e. The van der Waals surface area contributed by atoms with Crippen molar-refractivity contribution < 1.29 is 9.59 Å². The van der Waals surface area contributed by atoms with E-state index in [2.05, 4.69) is 6.07 Å². The van der Waals surface area contributed by atoms with Gasteiger partial charge in [0.1, 0.15) is 0 Å². The Morgan fingerprint density at radius 1 is 1.53 bits per heavy atom. The summed E-state index contributed by atoms with van der Waals surface area (Å²) in [6, 6.07) is 4.19. The Hall–Kier alpha value is -1.16. The van der Waals surface area contributed by atoms with Gasteiger partial charge in [-0.05, 0) is 18.4 Å². The van der Waals surface area contributed by atoms with E-state index in [0.717, 1.165) is 6.42 Å². The van der Waals surface area contributed by atoms with Gasteiger partial charge in [0.25, 0.3) is 5.91 Å². The van der Waals surface area contributed by atoms with E-state index in [-0.39, 0.29) is 17.7 Å². The van der Waals surface area contributed by atoms with Gasteiger partial charge in [-0.3, -0.25) is 9.59 Å². The molecule has 1 amide bonds. The number of hydrogen-bond acceptors (Lipinski definition) is 3. The van der Waals surface area contributed by atoms with Crippen molar-refractivity contribution in [3.05, 3.63) is 22.4 Å². The van der Waals surface area contributed by atoms with Crippen LogP contribution in [-0.4, -0.2) is 29.2 Å². The van der Waals surface area contributed by atoms with E-state index in [0.29, 0.717) is 13.0 Å². The first kappa shape index (κ1) is 10.4. The zero-order valence-corrected chi connectivity index (χ0v) is 9.42. The van der Waals surface area contributed by atoms with Crippen molar-refractivity contribution in [2.75, 3.05) is 6.54 Å². The second-order valence-electron chi connectivity index (χ2n) is 3.80. The number of carbonyl (C=O) groups is 2. The van der Waals surface area contributed by atoms with Crippen LogP contribution >= 0.6 is 11.3 Å². The number of thiophene rings is 1. The van der Waals surface area contributed by atoms with Gasteiger partial charge in [0.05, 0.1) is 0 Å². The zero-order valence-electron chi connectivity index (χ0n) is 8.60. The van der Waals surface area contributed by atoms with Gasteiger partial charge in [-0.1, -0.05) is 6.07 Å². The first-order valence-electron chi connectivity index (χ1n) is 5.04. The number of carbonyl (C=O) groups excluding carboxylic acids is 2. The lowest BCUT2D eigenvalue weighted by Crippen LogP contribution is -2.36. The lowest BCUT2D eigenvalue weighted by Gasteiger charge is -2.22. The molecule has 0 bridgehead atoms. The standard InChI is InChI=1S/C11H13NO2S/c1-8(7-9-3-2-6-15-9)12-5-4-10(13)11(12)14/h2-3,6,8H,4-5,7H2,1H3. The fourth-order valence-electron chi connectivity index (χ4n) is 1.84. The molecule has 0 aromatic carbocycles. The van der Waals surface area contributed by atoms with Crippen LogP contribution in [0.2, 0.25) is 0 Å². The van der Waals surface area contributed by atoms with Crippen LogP contribution in [0, 0.1) is 0 Å². The highest BCUT2D eigenvalue weighted by atomic mass is 32.1. The van der Waals surface area contributed by atoms with E-state index in [9.17, 15) is 9.59 Å². The predicted molar refractivity (Wildman–Crippen MR) is 58.8 cm³/mol. The van der Waals surface area contributed by atoms with Crippen molar-refractivity contribution in [2.45, 2.75) is 25.8 Å². The molecule has 1 fully saturated rings. The second kappa shape index (κ2) is 4.14. The van der Waals surface area contributed by atoms with Crippen LogP contribution < -0.4 is 0 Å². The summed E-state index contributed by atoms with van der Waals surface area (Å²) in [5.41, 5.74) is 0. The van der Waals surface area contributed by atoms with Crippen LogP contribution in [0.1, 0.15) is 18.2 Å². The van der Waals surface area contributed by atoms with Gasteiger partial charge >= 0.3 is 0 Å². The summed E-state index contributed by atoms with van der Waals surface area (Å²) < 4.78 is 0. The summed E-state index contributed by atoms with van der Waals surface area (Å²) in [4.78, 5) is 25.5. The van der Waals surface area contributed by atoms with Crippen molar-refractivity contribution in [3.63, 3.8) is 0 Å². The summed E-state index contributed by atoms with van der Waals surface area (Å²) in [5, 5.41) is 2.03. The third kappa shape index (κ3) is 2.09. The maximum absolute atomic E-state index is 11.5. The van der Waals surface area contributed by atoms with E-state index < -0.39 is 0 Å². The lowest BCUT2D eigenvalue weighted by molar-refractivity contribution is -0.141. The Morgan fingerprint density at radius 3 is 2.87 bits per heavy atom. The average molecular weight is 223 g/mol. The molecule has 2 heterocycles. The van der Waals surface area contributed by atoms with Gasteiger partial charge in [-0.15, -0.1) is 11.3 Å². The Morgan fingerprint density at radius 2 is 2.33 bits per heavy atom. The highest BCUT2D eigenvalue weighted by Crippen LogP contribution is 2.17.